The summed E-state index contributed by atoms with van der Waals surface area (Å²) in [5, 5.41) is 9.74. The van der Waals surface area contributed by atoms with E-state index in [4.69, 9.17) is 4.74 Å². The highest BCUT2D eigenvalue weighted by Crippen LogP contribution is 2.29. The molecule has 2 heteroatoms. The molecule has 0 aromatic heterocycles. The van der Waals surface area contributed by atoms with Crippen molar-refractivity contribution in [1.29, 1.82) is 0 Å². The van der Waals surface area contributed by atoms with E-state index in [1.54, 1.807) is 0 Å². The Labute approximate surface area is 81.3 Å². The van der Waals surface area contributed by atoms with Crippen LogP contribution in [0.4, 0.5) is 0 Å². The maximum Gasteiger partial charge on any atom is 0.0856 e. The van der Waals surface area contributed by atoms with Crippen LogP contribution in [0.15, 0.2) is 0 Å². The van der Waals surface area contributed by atoms with E-state index in [1.165, 1.54) is 6.42 Å². The molecule has 1 rings (SSSR count). The normalized spacial score (nSPS) is 30.9. The van der Waals surface area contributed by atoms with Gasteiger partial charge in [-0.3, -0.25) is 0 Å². The molecule has 0 amide bonds. The van der Waals surface area contributed by atoms with Crippen LogP contribution in [0.25, 0.3) is 0 Å². The van der Waals surface area contributed by atoms with Crippen molar-refractivity contribution in [2.75, 3.05) is 6.61 Å². The second kappa shape index (κ2) is 3.97. The lowest BCUT2D eigenvalue weighted by atomic mass is 9.85. The predicted molar refractivity (Wildman–Crippen MR) is 53.6 cm³/mol. The third-order valence-electron chi connectivity index (χ3n) is 3.04. The van der Waals surface area contributed by atoms with Crippen molar-refractivity contribution in [1.82, 2.24) is 0 Å². The molecule has 0 aliphatic carbocycles. The monoisotopic (exact) mass is 186 g/mol. The van der Waals surface area contributed by atoms with E-state index in [-0.39, 0.29) is 6.10 Å². The third kappa shape index (κ3) is 2.96. The van der Waals surface area contributed by atoms with E-state index in [0.717, 1.165) is 13.0 Å². The minimum absolute atomic E-state index is 0.0301. The van der Waals surface area contributed by atoms with Gasteiger partial charge in [-0.2, -0.15) is 0 Å². The molecule has 2 nitrogen and oxygen atoms in total. The van der Waals surface area contributed by atoms with Crippen LogP contribution in [-0.2, 0) is 4.74 Å². The van der Waals surface area contributed by atoms with Crippen LogP contribution in [0, 0.1) is 11.8 Å². The Balaban J connectivity index is 2.39. The number of aliphatic hydroxyl groups is 1. The third-order valence-corrected chi connectivity index (χ3v) is 3.04. The van der Waals surface area contributed by atoms with Crippen LogP contribution >= 0.6 is 0 Å². The van der Waals surface area contributed by atoms with Crippen molar-refractivity contribution in [3.05, 3.63) is 0 Å². The van der Waals surface area contributed by atoms with Gasteiger partial charge < -0.3 is 9.84 Å². The van der Waals surface area contributed by atoms with Crippen LogP contribution in [0.5, 0.6) is 0 Å². The van der Waals surface area contributed by atoms with Crippen molar-refractivity contribution < 1.29 is 9.84 Å². The molecule has 1 N–H and O–H groups in total. The Bertz CT molecular complexity index is 150. The Hall–Kier alpha value is -0.0800. The first-order valence-electron chi connectivity index (χ1n) is 5.25. The summed E-state index contributed by atoms with van der Waals surface area (Å²) in [4.78, 5) is 0. The maximum absolute atomic E-state index is 9.74. The summed E-state index contributed by atoms with van der Waals surface area (Å²) in [7, 11) is 0. The van der Waals surface area contributed by atoms with Crippen molar-refractivity contribution in [2.45, 2.75) is 52.2 Å². The molecule has 0 unspecified atom stereocenters. The average molecular weight is 186 g/mol. The van der Waals surface area contributed by atoms with Crippen molar-refractivity contribution in [3.63, 3.8) is 0 Å². The SMILES string of the molecule is CC(C)[C@@H]1CC[C@@H](C(C)(C)O)OC1. The van der Waals surface area contributed by atoms with Gasteiger partial charge in [0.25, 0.3) is 0 Å². The molecule has 78 valence electrons. The lowest BCUT2D eigenvalue weighted by Gasteiger charge is -2.37. The van der Waals surface area contributed by atoms with Gasteiger partial charge in [0.15, 0.2) is 0 Å². The molecule has 13 heavy (non-hydrogen) atoms. The summed E-state index contributed by atoms with van der Waals surface area (Å²) >= 11 is 0. The van der Waals surface area contributed by atoms with Gasteiger partial charge in [-0.05, 0) is 38.5 Å². The Morgan fingerprint density at radius 1 is 1.31 bits per heavy atom. The smallest absolute Gasteiger partial charge is 0.0856 e. The van der Waals surface area contributed by atoms with Gasteiger partial charge in [0.2, 0.25) is 0 Å². The fourth-order valence-corrected chi connectivity index (χ4v) is 1.85. The van der Waals surface area contributed by atoms with Gasteiger partial charge in [0, 0.05) is 0 Å². The first-order valence-corrected chi connectivity index (χ1v) is 5.25. The van der Waals surface area contributed by atoms with Gasteiger partial charge >= 0.3 is 0 Å². The van der Waals surface area contributed by atoms with Crippen LogP contribution in [0.2, 0.25) is 0 Å². The Morgan fingerprint density at radius 2 is 1.92 bits per heavy atom. The van der Waals surface area contributed by atoms with Gasteiger partial charge in [0.05, 0.1) is 18.3 Å². The summed E-state index contributed by atoms with van der Waals surface area (Å²) in [5.41, 5.74) is -0.679. The molecule has 2 atom stereocenters. The minimum Gasteiger partial charge on any atom is -0.388 e. The number of hydrogen-bond acceptors (Lipinski definition) is 2. The molecule has 0 aromatic carbocycles. The highest BCUT2D eigenvalue weighted by molar-refractivity contribution is 4.83. The average Bonchev–Trinajstić information content (AvgIpc) is 2.03. The zero-order chi connectivity index (χ0) is 10.1. The van der Waals surface area contributed by atoms with Crippen LogP contribution in [0.3, 0.4) is 0 Å². The van der Waals surface area contributed by atoms with Gasteiger partial charge in [-0.25, -0.2) is 0 Å². The molecular formula is C11H22O2. The van der Waals surface area contributed by atoms with Gasteiger partial charge in [-0.1, -0.05) is 13.8 Å². The summed E-state index contributed by atoms with van der Waals surface area (Å²) in [6.45, 7) is 8.93. The van der Waals surface area contributed by atoms with E-state index in [1.807, 2.05) is 13.8 Å². The molecule has 0 radical (unpaired) electrons. The molecular weight excluding hydrogens is 164 g/mol. The highest BCUT2D eigenvalue weighted by Gasteiger charge is 2.32. The second-order valence-corrected chi connectivity index (χ2v) is 5.06. The molecule has 1 fully saturated rings. The van der Waals surface area contributed by atoms with Crippen LogP contribution in [-0.4, -0.2) is 23.4 Å². The largest absolute Gasteiger partial charge is 0.388 e. The topological polar surface area (TPSA) is 29.5 Å². The number of ether oxygens (including phenoxy) is 1. The van der Waals surface area contributed by atoms with Crippen molar-refractivity contribution in [2.24, 2.45) is 11.8 Å². The predicted octanol–water partition coefficient (Wildman–Crippen LogP) is 2.21. The minimum atomic E-state index is -0.679. The Morgan fingerprint density at radius 3 is 2.23 bits per heavy atom. The summed E-state index contributed by atoms with van der Waals surface area (Å²) in [5.74, 6) is 1.38. The van der Waals surface area contributed by atoms with Crippen molar-refractivity contribution >= 4 is 0 Å². The van der Waals surface area contributed by atoms with E-state index >= 15 is 0 Å². The van der Waals surface area contributed by atoms with Gasteiger partial charge in [-0.15, -0.1) is 0 Å². The lowest BCUT2D eigenvalue weighted by molar-refractivity contribution is -0.126. The van der Waals surface area contributed by atoms with Crippen LogP contribution in [0.1, 0.15) is 40.5 Å². The Kier molecular flexibility index (Phi) is 3.36. The fourth-order valence-electron chi connectivity index (χ4n) is 1.85. The highest BCUT2D eigenvalue weighted by atomic mass is 16.5. The van der Waals surface area contributed by atoms with Crippen LogP contribution < -0.4 is 0 Å². The fraction of sp³-hybridized carbons (Fsp3) is 1.00. The molecule has 1 aliphatic rings. The molecule has 0 spiro atoms. The van der Waals surface area contributed by atoms with E-state index in [9.17, 15) is 5.11 Å². The summed E-state index contributed by atoms with van der Waals surface area (Å²) in [6, 6.07) is 0. The van der Waals surface area contributed by atoms with Gasteiger partial charge in [0.1, 0.15) is 0 Å². The van der Waals surface area contributed by atoms with Crippen molar-refractivity contribution in [3.8, 4) is 0 Å². The van der Waals surface area contributed by atoms with E-state index in [0.29, 0.717) is 11.8 Å². The quantitative estimate of drug-likeness (QED) is 0.716. The zero-order valence-corrected chi connectivity index (χ0v) is 9.21. The number of hydrogen-bond donors (Lipinski definition) is 1. The second-order valence-electron chi connectivity index (χ2n) is 5.06. The molecule has 1 aliphatic heterocycles. The standard InChI is InChI=1S/C11H22O2/c1-8(2)9-5-6-10(13-7-9)11(3,4)12/h8-10,12H,5-7H2,1-4H3/t9-,10+/m1/s1. The van der Waals surface area contributed by atoms with E-state index < -0.39 is 5.60 Å². The molecule has 0 aromatic rings. The van der Waals surface area contributed by atoms with E-state index in [2.05, 4.69) is 13.8 Å². The summed E-state index contributed by atoms with van der Waals surface area (Å²) < 4.78 is 5.67. The molecule has 0 bridgehead atoms. The first kappa shape index (κ1) is 11.0. The maximum atomic E-state index is 9.74. The molecule has 1 heterocycles. The summed E-state index contributed by atoms with van der Waals surface area (Å²) in [6.07, 6.45) is 2.21. The zero-order valence-electron chi connectivity index (χ0n) is 9.21. The first-order chi connectivity index (χ1) is 5.91. The number of rotatable bonds is 2. The molecule has 0 saturated carbocycles. The molecule has 1 saturated heterocycles. The lowest BCUT2D eigenvalue weighted by Crippen LogP contribution is -2.42.